The van der Waals surface area contributed by atoms with Gasteiger partial charge in [0.25, 0.3) is 5.78 Å². The maximum Gasteiger partial charge on any atom is 0.301 e. The molecule has 1 atom stereocenters. The standard InChI is InChI=1S/C26H20ClN3O5S/c1-13-10-18-20(12-19(13)35-3)36-26(29-18)30-22(17-6-4-5-9-28-17)21(24(32)25(30)33)23(31)15-11-14(34-2)7-8-16(15)27/h4-12,22,31H,1-3H3/b23-21+. The number of aryl methyl sites for hydroxylation is 1. The SMILES string of the molecule is COc1ccc(Cl)c(/C(O)=C2\C(=O)C(=O)N(c3nc4cc(C)c(OC)cc4s3)C2c2ccccn2)c1. The highest BCUT2D eigenvalue weighted by Gasteiger charge is 2.49. The van der Waals surface area contributed by atoms with Gasteiger partial charge in [-0.3, -0.25) is 19.5 Å². The Labute approximate surface area is 215 Å². The minimum absolute atomic E-state index is 0.137. The molecule has 1 aliphatic heterocycles. The molecular formula is C26H20ClN3O5S. The summed E-state index contributed by atoms with van der Waals surface area (Å²) in [4.78, 5) is 37.1. The quantitative estimate of drug-likeness (QED) is 0.216. The van der Waals surface area contributed by atoms with E-state index >= 15 is 0 Å². The summed E-state index contributed by atoms with van der Waals surface area (Å²) in [6, 6.07) is 12.5. The van der Waals surface area contributed by atoms with Crippen LogP contribution < -0.4 is 14.4 Å². The molecule has 8 nitrogen and oxygen atoms in total. The number of amides is 1. The fraction of sp³-hybridized carbons (Fsp3) is 0.154. The van der Waals surface area contributed by atoms with Crippen molar-refractivity contribution in [3.8, 4) is 11.5 Å². The van der Waals surface area contributed by atoms with Crippen LogP contribution in [0.1, 0.15) is 22.9 Å². The van der Waals surface area contributed by atoms with Crippen LogP contribution in [0.4, 0.5) is 5.13 Å². The minimum Gasteiger partial charge on any atom is -0.507 e. The summed E-state index contributed by atoms with van der Waals surface area (Å²) in [5, 5.41) is 11.8. The zero-order chi connectivity index (χ0) is 25.6. The lowest BCUT2D eigenvalue weighted by Gasteiger charge is -2.22. The first-order valence-electron chi connectivity index (χ1n) is 10.8. The largest absolute Gasteiger partial charge is 0.507 e. The van der Waals surface area contributed by atoms with E-state index in [9.17, 15) is 14.7 Å². The van der Waals surface area contributed by atoms with Crippen molar-refractivity contribution in [2.24, 2.45) is 0 Å². The molecule has 1 fully saturated rings. The molecule has 0 bridgehead atoms. The highest BCUT2D eigenvalue weighted by atomic mass is 35.5. The van der Waals surface area contributed by atoms with E-state index in [4.69, 9.17) is 21.1 Å². The summed E-state index contributed by atoms with van der Waals surface area (Å²) >= 11 is 7.60. The zero-order valence-electron chi connectivity index (χ0n) is 19.5. The van der Waals surface area contributed by atoms with Gasteiger partial charge in [-0.15, -0.1) is 0 Å². The number of benzene rings is 2. The van der Waals surface area contributed by atoms with E-state index in [2.05, 4.69) is 9.97 Å². The van der Waals surface area contributed by atoms with Crippen molar-refractivity contribution in [1.29, 1.82) is 0 Å². The number of aliphatic hydroxyl groups is 1. The van der Waals surface area contributed by atoms with E-state index in [1.165, 1.54) is 29.4 Å². The Morgan fingerprint density at radius 3 is 2.61 bits per heavy atom. The van der Waals surface area contributed by atoms with Gasteiger partial charge in [-0.25, -0.2) is 4.98 Å². The number of rotatable bonds is 5. The summed E-state index contributed by atoms with van der Waals surface area (Å²) in [6.07, 6.45) is 1.56. The van der Waals surface area contributed by atoms with Gasteiger partial charge in [0.15, 0.2) is 5.13 Å². The van der Waals surface area contributed by atoms with Gasteiger partial charge in [-0.1, -0.05) is 29.0 Å². The van der Waals surface area contributed by atoms with Crippen LogP contribution >= 0.6 is 22.9 Å². The first-order valence-corrected chi connectivity index (χ1v) is 12.0. The predicted molar refractivity (Wildman–Crippen MR) is 138 cm³/mol. The molecule has 10 heteroatoms. The molecule has 2 aromatic heterocycles. The number of fused-ring (bicyclic) bond motifs is 1. The van der Waals surface area contributed by atoms with Gasteiger partial charge in [0.2, 0.25) is 0 Å². The summed E-state index contributed by atoms with van der Waals surface area (Å²) in [5.41, 5.74) is 1.97. The summed E-state index contributed by atoms with van der Waals surface area (Å²) in [6.45, 7) is 1.90. The second-order valence-corrected chi connectivity index (χ2v) is 9.47. The molecule has 1 amide bonds. The number of hydrogen-bond donors (Lipinski definition) is 1. The zero-order valence-corrected chi connectivity index (χ0v) is 21.1. The second kappa shape index (κ2) is 9.25. The van der Waals surface area contributed by atoms with Crippen molar-refractivity contribution in [2.75, 3.05) is 19.1 Å². The number of carbonyl (C=O) groups is 2. The molecule has 182 valence electrons. The van der Waals surface area contributed by atoms with Crippen LogP contribution in [0.3, 0.4) is 0 Å². The first-order chi connectivity index (χ1) is 17.3. The third-order valence-electron chi connectivity index (χ3n) is 5.94. The summed E-state index contributed by atoms with van der Waals surface area (Å²) in [5.74, 6) is -0.994. The number of halogens is 1. The van der Waals surface area contributed by atoms with Crippen LogP contribution in [0.5, 0.6) is 11.5 Å². The second-order valence-electron chi connectivity index (χ2n) is 8.06. The van der Waals surface area contributed by atoms with E-state index in [0.29, 0.717) is 27.8 Å². The molecule has 0 saturated carbocycles. The minimum atomic E-state index is -1.02. The number of pyridine rings is 1. The molecule has 0 spiro atoms. The van der Waals surface area contributed by atoms with Gasteiger partial charge in [-0.05, 0) is 55.0 Å². The average Bonchev–Trinajstić information content (AvgIpc) is 3.41. The molecule has 1 saturated heterocycles. The van der Waals surface area contributed by atoms with E-state index in [0.717, 1.165) is 10.3 Å². The number of ether oxygens (including phenoxy) is 2. The molecule has 3 heterocycles. The number of aromatic nitrogens is 2. The molecule has 2 aromatic carbocycles. The number of carbonyl (C=O) groups excluding carboxylic acids is 2. The Kier molecular flexibility index (Phi) is 6.11. The van der Waals surface area contributed by atoms with Crippen molar-refractivity contribution in [3.05, 3.63) is 82.1 Å². The van der Waals surface area contributed by atoms with Crippen molar-refractivity contribution >= 4 is 55.7 Å². The van der Waals surface area contributed by atoms with E-state index < -0.39 is 23.5 Å². The number of aliphatic hydroxyl groups excluding tert-OH is 1. The van der Waals surface area contributed by atoms with E-state index in [1.807, 2.05) is 19.1 Å². The molecule has 0 radical (unpaired) electrons. The van der Waals surface area contributed by atoms with Crippen LogP contribution in [-0.4, -0.2) is 41.0 Å². The van der Waals surface area contributed by atoms with E-state index in [-0.39, 0.29) is 16.2 Å². The van der Waals surface area contributed by atoms with Crippen molar-refractivity contribution in [1.82, 2.24) is 9.97 Å². The van der Waals surface area contributed by atoms with Crippen LogP contribution in [0.15, 0.2) is 60.3 Å². The number of ketones is 1. The number of methoxy groups -OCH3 is 2. The molecule has 4 aromatic rings. The van der Waals surface area contributed by atoms with E-state index in [1.54, 1.807) is 43.6 Å². The van der Waals surface area contributed by atoms with Gasteiger partial charge in [-0.2, -0.15) is 0 Å². The normalized spacial score (nSPS) is 17.1. The Morgan fingerprint density at radius 1 is 1.11 bits per heavy atom. The van der Waals surface area contributed by atoms with Crippen molar-refractivity contribution < 1.29 is 24.2 Å². The third kappa shape index (κ3) is 3.86. The van der Waals surface area contributed by atoms with Gasteiger partial charge in [0.05, 0.1) is 40.7 Å². The predicted octanol–water partition coefficient (Wildman–Crippen LogP) is 5.30. The maximum absolute atomic E-state index is 13.4. The van der Waals surface area contributed by atoms with Crippen LogP contribution in [-0.2, 0) is 9.59 Å². The Bertz CT molecular complexity index is 1550. The molecule has 0 aliphatic carbocycles. The van der Waals surface area contributed by atoms with Crippen LogP contribution in [0.25, 0.3) is 16.0 Å². The van der Waals surface area contributed by atoms with Crippen molar-refractivity contribution in [3.63, 3.8) is 0 Å². The Hall–Kier alpha value is -3.95. The molecule has 1 N–H and O–H groups in total. The molecule has 1 unspecified atom stereocenters. The number of Topliss-reactive ketones (excluding diaryl/α,β-unsaturated/α-hetero) is 1. The molecular weight excluding hydrogens is 502 g/mol. The lowest BCUT2D eigenvalue weighted by atomic mass is 9.98. The number of hydrogen-bond acceptors (Lipinski definition) is 8. The highest BCUT2D eigenvalue weighted by molar-refractivity contribution is 7.22. The van der Waals surface area contributed by atoms with Crippen LogP contribution in [0.2, 0.25) is 5.02 Å². The average molecular weight is 522 g/mol. The van der Waals surface area contributed by atoms with Gasteiger partial charge < -0.3 is 14.6 Å². The van der Waals surface area contributed by atoms with Gasteiger partial charge >= 0.3 is 5.91 Å². The van der Waals surface area contributed by atoms with Gasteiger partial charge in [0, 0.05) is 11.8 Å². The highest BCUT2D eigenvalue weighted by Crippen LogP contribution is 2.45. The van der Waals surface area contributed by atoms with Gasteiger partial charge in [0.1, 0.15) is 23.3 Å². The smallest absolute Gasteiger partial charge is 0.301 e. The third-order valence-corrected chi connectivity index (χ3v) is 7.29. The Balaban J connectivity index is 1.73. The monoisotopic (exact) mass is 521 g/mol. The topological polar surface area (TPSA) is 102 Å². The first kappa shape index (κ1) is 23.8. The maximum atomic E-state index is 13.4. The lowest BCUT2D eigenvalue weighted by Crippen LogP contribution is -2.29. The summed E-state index contributed by atoms with van der Waals surface area (Å²) < 4.78 is 11.4. The number of thiazole rings is 1. The Morgan fingerprint density at radius 2 is 1.92 bits per heavy atom. The summed E-state index contributed by atoms with van der Waals surface area (Å²) in [7, 11) is 3.06. The van der Waals surface area contributed by atoms with Crippen molar-refractivity contribution in [2.45, 2.75) is 13.0 Å². The lowest BCUT2D eigenvalue weighted by molar-refractivity contribution is -0.132. The number of nitrogens with zero attached hydrogens (tertiary/aromatic N) is 3. The van der Waals surface area contributed by atoms with Crippen LogP contribution in [0, 0.1) is 6.92 Å². The molecule has 1 aliphatic rings. The fourth-order valence-electron chi connectivity index (χ4n) is 4.18. The molecule has 5 rings (SSSR count). The molecule has 36 heavy (non-hydrogen) atoms. The number of anilines is 1. The fourth-order valence-corrected chi connectivity index (χ4v) is 5.39.